The Bertz CT molecular complexity index is 1080. The van der Waals surface area contributed by atoms with E-state index >= 15 is 0 Å². The van der Waals surface area contributed by atoms with Crippen LogP contribution in [0, 0.1) is 5.92 Å². The largest absolute Gasteiger partial charge is 0.466 e. The molecule has 7 nitrogen and oxygen atoms in total. The summed E-state index contributed by atoms with van der Waals surface area (Å²) in [5.41, 5.74) is 2.87. The zero-order valence-electron chi connectivity index (χ0n) is 17.6. The first-order valence-corrected chi connectivity index (χ1v) is 10.8. The first kappa shape index (κ1) is 21.2. The fourth-order valence-corrected chi connectivity index (χ4v) is 4.03. The van der Waals surface area contributed by atoms with Gasteiger partial charge in [-0.05, 0) is 62.2 Å². The number of ether oxygens (including phenoxy) is 1. The highest BCUT2D eigenvalue weighted by Crippen LogP contribution is 2.26. The summed E-state index contributed by atoms with van der Waals surface area (Å²) in [5.74, 6) is -0.430. The Labute approximate surface area is 186 Å². The molecule has 1 fully saturated rings. The van der Waals surface area contributed by atoms with Gasteiger partial charge in [-0.1, -0.05) is 11.6 Å². The number of nitrogens with zero attached hydrogens (tertiary/aromatic N) is 4. The quantitative estimate of drug-likeness (QED) is 0.563. The van der Waals surface area contributed by atoms with Gasteiger partial charge in [-0.3, -0.25) is 9.59 Å². The molecule has 3 heterocycles. The number of rotatable bonds is 5. The lowest BCUT2D eigenvalue weighted by Gasteiger charge is -2.30. The minimum Gasteiger partial charge on any atom is -0.466 e. The number of esters is 1. The second-order valence-corrected chi connectivity index (χ2v) is 8.06. The van der Waals surface area contributed by atoms with Crippen molar-refractivity contribution in [1.29, 1.82) is 0 Å². The number of hydrogen-bond acceptors (Lipinski definition) is 4. The van der Waals surface area contributed by atoms with Crippen molar-refractivity contribution < 1.29 is 14.3 Å². The van der Waals surface area contributed by atoms with Crippen molar-refractivity contribution >= 4 is 23.5 Å². The van der Waals surface area contributed by atoms with E-state index in [9.17, 15) is 9.59 Å². The maximum Gasteiger partial charge on any atom is 0.309 e. The second-order valence-electron chi connectivity index (χ2n) is 7.63. The lowest BCUT2D eigenvalue weighted by atomic mass is 9.97. The minimum atomic E-state index is -0.174. The number of halogens is 1. The number of carbonyl (C=O) groups is 2. The Morgan fingerprint density at radius 3 is 2.48 bits per heavy atom. The molecule has 3 aromatic rings. The van der Waals surface area contributed by atoms with Crippen LogP contribution in [0.3, 0.4) is 0 Å². The summed E-state index contributed by atoms with van der Waals surface area (Å²) < 4.78 is 8.77. The summed E-state index contributed by atoms with van der Waals surface area (Å²) in [6.45, 7) is 3.19. The molecule has 1 aliphatic heterocycles. The van der Waals surface area contributed by atoms with Crippen LogP contribution in [0.2, 0.25) is 5.02 Å². The van der Waals surface area contributed by atoms with Crippen molar-refractivity contribution in [2.75, 3.05) is 19.7 Å². The van der Waals surface area contributed by atoms with Gasteiger partial charge in [-0.15, -0.1) is 0 Å². The number of aryl methyl sites for hydroxylation is 1. The summed E-state index contributed by atoms with van der Waals surface area (Å²) >= 11 is 6.05. The standard InChI is InChI=1S/C23H25ClN4O3/c1-3-31-23(30)16-10-13-27(14-11-16)22(29)21-15-19(20-5-4-12-26(20)2)25-28(21)18-8-6-17(24)7-9-18/h4-9,12,15-16H,3,10-11,13-14H2,1-2H3. The summed E-state index contributed by atoms with van der Waals surface area (Å²) in [6.07, 6.45) is 3.15. The number of carbonyl (C=O) groups excluding carboxylic acids is 2. The molecule has 0 unspecified atom stereocenters. The van der Waals surface area contributed by atoms with E-state index in [-0.39, 0.29) is 17.8 Å². The molecular formula is C23H25ClN4O3. The van der Waals surface area contributed by atoms with E-state index in [0.717, 1.165) is 11.4 Å². The number of benzene rings is 1. The van der Waals surface area contributed by atoms with Crippen molar-refractivity contribution in [2.45, 2.75) is 19.8 Å². The molecule has 0 spiro atoms. The average Bonchev–Trinajstić information content (AvgIpc) is 3.40. The molecule has 1 saturated heterocycles. The highest BCUT2D eigenvalue weighted by atomic mass is 35.5. The zero-order valence-corrected chi connectivity index (χ0v) is 18.4. The molecule has 31 heavy (non-hydrogen) atoms. The van der Waals surface area contributed by atoms with E-state index in [0.29, 0.717) is 48.9 Å². The molecule has 0 atom stereocenters. The van der Waals surface area contributed by atoms with Crippen LogP contribution in [0.5, 0.6) is 0 Å². The Balaban J connectivity index is 1.63. The minimum absolute atomic E-state index is 0.106. The Hall–Kier alpha value is -3.06. The molecular weight excluding hydrogens is 416 g/mol. The maximum absolute atomic E-state index is 13.4. The predicted molar refractivity (Wildman–Crippen MR) is 118 cm³/mol. The van der Waals surface area contributed by atoms with Crippen molar-refractivity contribution in [3.05, 3.63) is 59.4 Å². The molecule has 1 aromatic carbocycles. The van der Waals surface area contributed by atoms with Gasteiger partial charge in [0, 0.05) is 31.4 Å². The van der Waals surface area contributed by atoms with Crippen molar-refractivity contribution in [3.63, 3.8) is 0 Å². The van der Waals surface area contributed by atoms with E-state index in [1.54, 1.807) is 28.6 Å². The van der Waals surface area contributed by atoms with E-state index in [1.165, 1.54) is 0 Å². The maximum atomic E-state index is 13.4. The molecule has 0 bridgehead atoms. The molecule has 0 aliphatic carbocycles. The van der Waals surface area contributed by atoms with Gasteiger partial charge >= 0.3 is 5.97 Å². The molecule has 8 heteroatoms. The monoisotopic (exact) mass is 440 g/mol. The smallest absolute Gasteiger partial charge is 0.309 e. The number of aromatic nitrogens is 3. The summed E-state index contributed by atoms with van der Waals surface area (Å²) in [7, 11) is 1.94. The Morgan fingerprint density at radius 1 is 1.16 bits per heavy atom. The fraction of sp³-hybridized carbons (Fsp3) is 0.348. The van der Waals surface area contributed by atoms with Gasteiger partial charge in [0.05, 0.1) is 23.9 Å². The molecule has 4 rings (SSSR count). The van der Waals surface area contributed by atoms with E-state index in [1.807, 2.05) is 48.1 Å². The Kier molecular flexibility index (Phi) is 6.13. The molecule has 2 aromatic heterocycles. The van der Waals surface area contributed by atoms with Crippen LogP contribution in [-0.2, 0) is 16.6 Å². The second kappa shape index (κ2) is 8.98. The first-order chi connectivity index (χ1) is 15.0. The van der Waals surface area contributed by atoms with Gasteiger partial charge < -0.3 is 14.2 Å². The SMILES string of the molecule is CCOC(=O)C1CCN(C(=O)c2cc(-c3cccn3C)nn2-c2ccc(Cl)cc2)CC1. The van der Waals surface area contributed by atoms with Gasteiger partial charge in [-0.25, -0.2) is 4.68 Å². The van der Waals surface area contributed by atoms with Crippen LogP contribution in [0.15, 0.2) is 48.7 Å². The number of hydrogen-bond donors (Lipinski definition) is 0. The lowest BCUT2D eigenvalue weighted by molar-refractivity contribution is -0.149. The molecule has 0 saturated carbocycles. The van der Waals surface area contributed by atoms with Gasteiger partial charge in [0.25, 0.3) is 5.91 Å². The van der Waals surface area contributed by atoms with Crippen LogP contribution in [0.4, 0.5) is 0 Å². The predicted octanol–water partition coefficient (Wildman–Crippen LogP) is 3.95. The van der Waals surface area contributed by atoms with Gasteiger partial charge in [-0.2, -0.15) is 5.10 Å². The highest BCUT2D eigenvalue weighted by Gasteiger charge is 2.30. The number of amides is 1. The van der Waals surface area contributed by atoms with Crippen molar-refractivity contribution in [1.82, 2.24) is 19.2 Å². The van der Waals surface area contributed by atoms with Crippen molar-refractivity contribution in [3.8, 4) is 17.1 Å². The van der Waals surface area contributed by atoms with Gasteiger partial charge in [0.15, 0.2) is 0 Å². The molecule has 0 N–H and O–H groups in total. The third kappa shape index (κ3) is 4.37. The number of likely N-dealkylation sites (tertiary alicyclic amines) is 1. The van der Waals surface area contributed by atoms with Crippen molar-refractivity contribution in [2.24, 2.45) is 13.0 Å². The highest BCUT2D eigenvalue weighted by molar-refractivity contribution is 6.30. The third-order valence-corrected chi connectivity index (χ3v) is 5.86. The summed E-state index contributed by atoms with van der Waals surface area (Å²) in [5, 5.41) is 5.35. The molecule has 1 aliphatic rings. The molecule has 0 radical (unpaired) electrons. The number of piperidine rings is 1. The van der Waals surface area contributed by atoms with Crippen LogP contribution < -0.4 is 0 Å². The average molecular weight is 441 g/mol. The molecule has 162 valence electrons. The summed E-state index contributed by atoms with van der Waals surface area (Å²) in [4.78, 5) is 27.3. The lowest BCUT2D eigenvalue weighted by Crippen LogP contribution is -2.41. The third-order valence-electron chi connectivity index (χ3n) is 5.61. The van der Waals surface area contributed by atoms with Gasteiger partial charge in [0.1, 0.15) is 11.4 Å². The van der Waals surface area contributed by atoms with Gasteiger partial charge in [0.2, 0.25) is 0 Å². The van der Waals surface area contributed by atoms with E-state index in [2.05, 4.69) is 0 Å². The van der Waals surface area contributed by atoms with E-state index < -0.39 is 0 Å². The van der Waals surface area contributed by atoms with Crippen LogP contribution in [0.25, 0.3) is 17.1 Å². The Morgan fingerprint density at radius 2 is 1.87 bits per heavy atom. The zero-order chi connectivity index (χ0) is 22.0. The fourth-order valence-electron chi connectivity index (χ4n) is 3.91. The van der Waals surface area contributed by atoms with E-state index in [4.69, 9.17) is 21.4 Å². The van der Waals surface area contributed by atoms with Crippen LogP contribution >= 0.6 is 11.6 Å². The normalized spacial score (nSPS) is 14.6. The van der Waals surface area contributed by atoms with Crippen LogP contribution in [0.1, 0.15) is 30.3 Å². The first-order valence-electron chi connectivity index (χ1n) is 10.4. The topological polar surface area (TPSA) is 69.4 Å². The molecule has 1 amide bonds. The summed E-state index contributed by atoms with van der Waals surface area (Å²) in [6, 6.07) is 13.0. The van der Waals surface area contributed by atoms with Crippen LogP contribution in [-0.4, -0.2) is 50.8 Å².